The van der Waals surface area contributed by atoms with Crippen molar-refractivity contribution in [3.05, 3.63) is 30.1 Å². The van der Waals surface area contributed by atoms with E-state index in [9.17, 15) is 14.7 Å². The van der Waals surface area contributed by atoms with E-state index < -0.39 is 11.5 Å². The molecule has 1 saturated carbocycles. The van der Waals surface area contributed by atoms with Gasteiger partial charge in [0.2, 0.25) is 0 Å². The molecule has 0 aromatic carbocycles. The number of amides is 1. The second-order valence-corrected chi connectivity index (χ2v) is 5.27. The first kappa shape index (κ1) is 13.5. The lowest BCUT2D eigenvalue weighted by atomic mass is 9.77. The van der Waals surface area contributed by atoms with Crippen LogP contribution in [-0.4, -0.2) is 27.5 Å². The average molecular weight is 262 g/mol. The molecule has 0 saturated heterocycles. The normalized spacial score (nSPS) is 26.7. The number of nitrogens with zero attached hydrogens (tertiary/aromatic N) is 1. The van der Waals surface area contributed by atoms with E-state index in [1.165, 1.54) is 6.20 Å². The van der Waals surface area contributed by atoms with Crippen molar-refractivity contribution in [1.82, 2.24) is 10.3 Å². The fraction of sp³-hybridized carbons (Fsp3) is 0.500. The minimum absolute atomic E-state index is 0.370. The molecule has 5 heteroatoms. The molecule has 0 atom stereocenters. The third-order valence-electron chi connectivity index (χ3n) is 3.81. The van der Waals surface area contributed by atoms with Crippen molar-refractivity contribution in [2.24, 2.45) is 5.92 Å². The predicted molar refractivity (Wildman–Crippen MR) is 69.7 cm³/mol. The molecule has 0 radical (unpaired) electrons. The lowest BCUT2D eigenvalue weighted by Crippen LogP contribution is -2.56. The van der Waals surface area contributed by atoms with Crippen molar-refractivity contribution < 1.29 is 14.7 Å². The fourth-order valence-corrected chi connectivity index (χ4v) is 2.43. The summed E-state index contributed by atoms with van der Waals surface area (Å²) in [7, 11) is 0. The molecule has 1 aromatic heterocycles. The van der Waals surface area contributed by atoms with Gasteiger partial charge in [-0.2, -0.15) is 0 Å². The van der Waals surface area contributed by atoms with E-state index in [1.54, 1.807) is 18.3 Å². The fourth-order valence-electron chi connectivity index (χ4n) is 2.43. The number of aromatic nitrogens is 1. The van der Waals surface area contributed by atoms with Crippen molar-refractivity contribution in [2.45, 2.75) is 38.1 Å². The maximum Gasteiger partial charge on any atom is 0.329 e. The van der Waals surface area contributed by atoms with Crippen LogP contribution in [0.15, 0.2) is 24.5 Å². The Morgan fingerprint density at radius 2 is 2.11 bits per heavy atom. The zero-order valence-corrected chi connectivity index (χ0v) is 10.9. The molecule has 0 unspecified atom stereocenters. The molecule has 0 bridgehead atoms. The highest BCUT2D eigenvalue weighted by Gasteiger charge is 2.42. The van der Waals surface area contributed by atoms with Gasteiger partial charge in [0.05, 0.1) is 5.56 Å². The number of carboxylic acids is 1. The summed E-state index contributed by atoms with van der Waals surface area (Å²) in [6.45, 7) is 2.11. The summed E-state index contributed by atoms with van der Waals surface area (Å²) in [5.41, 5.74) is -0.735. The second kappa shape index (κ2) is 5.38. The minimum Gasteiger partial charge on any atom is -0.480 e. The van der Waals surface area contributed by atoms with Crippen LogP contribution in [0.2, 0.25) is 0 Å². The number of rotatable bonds is 3. The average Bonchev–Trinajstić information content (AvgIpc) is 2.42. The first-order valence-corrected chi connectivity index (χ1v) is 6.49. The number of pyridine rings is 1. The molecule has 2 N–H and O–H groups in total. The van der Waals surface area contributed by atoms with Gasteiger partial charge in [-0.1, -0.05) is 6.92 Å². The van der Waals surface area contributed by atoms with Gasteiger partial charge >= 0.3 is 5.97 Å². The van der Waals surface area contributed by atoms with Crippen LogP contribution in [0.1, 0.15) is 43.0 Å². The molecule has 1 aliphatic rings. The molecule has 0 spiro atoms. The number of carboxylic acid groups (broad SMARTS) is 1. The Kier molecular flexibility index (Phi) is 3.83. The third kappa shape index (κ3) is 2.92. The van der Waals surface area contributed by atoms with Crippen LogP contribution in [0, 0.1) is 5.92 Å². The number of hydrogen-bond acceptors (Lipinski definition) is 3. The molecular formula is C14H18N2O3. The molecule has 1 heterocycles. The smallest absolute Gasteiger partial charge is 0.329 e. The molecule has 1 amide bonds. The standard InChI is InChI=1S/C14H18N2O3/c1-10-4-6-14(7-5-10,13(18)19)16-12(17)11-3-2-8-15-9-11/h2-3,8-10H,4-7H2,1H3,(H,16,17)(H,18,19). The Balaban J connectivity index is 2.14. The van der Waals surface area contributed by atoms with Gasteiger partial charge in [0.1, 0.15) is 5.54 Å². The quantitative estimate of drug-likeness (QED) is 0.871. The lowest BCUT2D eigenvalue weighted by molar-refractivity contribution is -0.146. The summed E-state index contributed by atoms with van der Waals surface area (Å²) in [6.07, 6.45) is 5.62. The number of hydrogen-bond donors (Lipinski definition) is 2. The van der Waals surface area contributed by atoms with Crippen LogP contribution in [0.4, 0.5) is 0 Å². The SMILES string of the molecule is CC1CCC(NC(=O)c2cccnc2)(C(=O)O)CC1. The van der Waals surface area contributed by atoms with Crippen molar-refractivity contribution in [3.63, 3.8) is 0 Å². The van der Waals surface area contributed by atoms with Gasteiger partial charge in [0.25, 0.3) is 5.91 Å². The zero-order valence-electron chi connectivity index (χ0n) is 10.9. The van der Waals surface area contributed by atoms with E-state index in [0.717, 1.165) is 12.8 Å². The zero-order chi connectivity index (χ0) is 13.9. The highest BCUT2D eigenvalue weighted by molar-refractivity contribution is 5.97. The second-order valence-electron chi connectivity index (χ2n) is 5.27. The predicted octanol–water partition coefficient (Wildman–Crippen LogP) is 1.84. The van der Waals surface area contributed by atoms with E-state index >= 15 is 0 Å². The first-order valence-electron chi connectivity index (χ1n) is 6.49. The molecular weight excluding hydrogens is 244 g/mol. The van der Waals surface area contributed by atoms with Gasteiger partial charge in [-0.25, -0.2) is 4.79 Å². The maximum atomic E-state index is 12.1. The Labute approximate surface area is 112 Å². The van der Waals surface area contributed by atoms with Crippen molar-refractivity contribution in [3.8, 4) is 0 Å². The van der Waals surface area contributed by atoms with E-state index in [1.807, 2.05) is 0 Å². The highest BCUT2D eigenvalue weighted by Crippen LogP contribution is 2.32. The molecule has 5 nitrogen and oxygen atoms in total. The van der Waals surface area contributed by atoms with Gasteiger partial charge in [-0.3, -0.25) is 9.78 Å². The largest absolute Gasteiger partial charge is 0.480 e. The summed E-state index contributed by atoms with van der Waals surface area (Å²) in [5.74, 6) is -0.801. The number of carbonyl (C=O) groups excluding carboxylic acids is 1. The highest BCUT2D eigenvalue weighted by atomic mass is 16.4. The van der Waals surface area contributed by atoms with Gasteiger partial charge < -0.3 is 10.4 Å². The van der Waals surface area contributed by atoms with Gasteiger partial charge in [0.15, 0.2) is 0 Å². The summed E-state index contributed by atoms with van der Waals surface area (Å²) in [5, 5.41) is 12.1. The molecule has 19 heavy (non-hydrogen) atoms. The number of carbonyl (C=O) groups is 2. The van der Waals surface area contributed by atoms with E-state index in [2.05, 4.69) is 17.2 Å². The Hall–Kier alpha value is -1.91. The van der Waals surface area contributed by atoms with Crippen LogP contribution in [0.3, 0.4) is 0 Å². The Morgan fingerprint density at radius 3 is 2.63 bits per heavy atom. The van der Waals surface area contributed by atoms with E-state index in [4.69, 9.17) is 0 Å². The number of nitrogens with one attached hydrogen (secondary N) is 1. The molecule has 1 fully saturated rings. The van der Waals surface area contributed by atoms with Crippen LogP contribution >= 0.6 is 0 Å². The summed E-state index contributed by atoms with van der Waals surface area (Å²) >= 11 is 0. The lowest BCUT2D eigenvalue weighted by Gasteiger charge is -2.36. The Bertz CT molecular complexity index is 465. The molecule has 0 aliphatic heterocycles. The molecule has 1 aromatic rings. The number of aliphatic carboxylic acids is 1. The first-order chi connectivity index (χ1) is 9.03. The maximum absolute atomic E-state index is 12.1. The molecule has 2 rings (SSSR count). The third-order valence-corrected chi connectivity index (χ3v) is 3.81. The van der Waals surface area contributed by atoms with Crippen LogP contribution in [0.5, 0.6) is 0 Å². The van der Waals surface area contributed by atoms with Gasteiger partial charge in [0, 0.05) is 12.4 Å². The van der Waals surface area contributed by atoms with E-state index in [-0.39, 0.29) is 5.91 Å². The van der Waals surface area contributed by atoms with Crippen LogP contribution < -0.4 is 5.32 Å². The monoisotopic (exact) mass is 262 g/mol. The van der Waals surface area contributed by atoms with E-state index in [0.29, 0.717) is 24.3 Å². The van der Waals surface area contributed by atoms with Crippen molar-refractivity contribution in [1.29, 1.82) is 0 Å². The molecule has 1 aliphatic carbocycles. The van der Waals surface area contributed by atoms with Gasteiger partial charge in [-0.15, -0.1) is 0 Å². The van der Waals surface area contributed by atoms with Crippen LogP contribution in [0.25, 0.3) is 0 Å². The topological polar surface area (TPSA) is 79.3 Å². The summed E-state index contributed by atoms with van der Waals surface area (Å²) in [4.78, 5) is 27.5. The molecule has 102 valence electrons. The van der Waals surface area contributed by atoms with Crippen molar-refractivity contribution >= 4 is 11.9 Å². The van der Waals surface area contributed by atoms with Gasteiger partial charge in [-0.05, 0) is 43.7 Å². The summed E-state index contributed by atoms with van der Waals surface area (Å²) in [6, 6.07) is 3.29. The van der Waals surface area contributed by atoms with Crippen molar-refractivity contribution in [2.75, 3.05) is 0 Å². The Morgan fingerprint density at radius 1 is 1.42 bits per heavy atom. The minimum atomic E-state index is -1.13. The summed E-state index contributed by atoms with van der Waals surface area (Å²) < 4.78 is 0. The van der Waals surface area contributed by atoms with Crippen LogP contribution in [-0.2, 0) is 4.79 Å².